The molecule has 1 atom stereocenters. The molecule has 0 radical (unpaired) electrons. The topological polar surface area (TPSA) is 97.9 Å². The molecule has 0 saturated carbocycles. The van der Waals surface area contributed by atoms with E-state index < -0.39 is 30.3 Å². The monoisotopic (exact) mass is 514 g/mol. The maximum atomic E-state index is 15.1. The normalized spacial score (nSPS) is 21.6. The van der Waals surface area contributed by atoms with E-state index in [4.69, 9.17) is 9.57 Å². The summed E-state index contributed by atoms with van der Waals surface area (Å²) in [5, 5.41) is 3.33. The van der Waals surface area contributed by atoms with Crippen LogP contribution in [-0.4, -0.2) is 118 Å². The van der Waals surface area contributed by atoms with Gasteiger partial charge in [0.15, 0.2) is 0 Å². The zero-order chi connectivity index (χ0) is 25.8. The predicted octanol–water partition coefficient (Wildman–Crippen LogP) is 0.953. The molecule has 14 heteroatoms. The summed E-state index contributed by atoms with van der Waals surface area (Å²) >= 11 is 0. The van der Waals surface area contributed by atoms with E-state index in [1.807, 2.05) is 12.4 Å². The number of carbonyl (C=O) groups is 3. The highest BCUT2D eigenvalue weighted by Crippen LogP contribution is 2.28. The van der Waals surface area contributed by atoms with Crippen LogP contribution in [-0.2, 0) is 14.4 Å². The third-order valence-electron chi connectivity index (χ3n) is 6.33. The van der Waals surface area contributed by atoms with E-state index in [1.165, 1.54) is 22.1 Å². The Bertz CT molecular complexity index is 977. The molecule has 11 nitrogen and oxygen atoms in total. The third kappa shape index (κ3) is 5.93. The van der Waals surface area contributed by atoms with Gasteiger partial charge in [-0.1, -0.05) is 0 Å². The highest BCUT2D eigenvalue weighted by molar-refractivity contribution is 5.90. The number of cyclic esters (lactones) is 1. The zero-order valence-corrected chi connectivity index (χ0v) is 19.9. The lowest BCUT2D eigenvalue weighted by Gasteiger charge is -2.35. The van der Waals surface area contributed by atoms with Crippen LogP contribution in [0.25, 0.3) is 0 Å². The molecule has 1 N–H and O–H groups in total. The van der Waals surface area contributed by atoms with Gasteiger partial charge in [0.25, 0.3) is 5.91 Å². The molecule has 0 unspecified atom stereocenters. The average Bonchev–Trinajstić information content (AvgIpc) is 3.06. The second-order valence-electron chi connectivity index (χ2n) is 8.79. The van der Waals surface area contributed by atoms with Crippen LogP contribution >= 0.6 is 0 Å². The van der Waals surface area contributed by atoms with Crippen LogP contribution in [0.3, 0.4) is 0 Å². The van der Waals surface area contributed by atoms with Gasteiger partial charge in [0.05, 0.1) is 37.6 Å². The number of nitrogens with zero attached hydrogens (tertiary/aromatic N) is 5. The molecule has 3 aliphatic heterocycles. The minimum absolute atomic E-state index is 0.0257. The van der Waals surface area contributed by atoms with Crippen molar-refractivity contribution in [2.24, 2.45) is 0 Å². The third-order valence-corrected chi connectivity index (χ3v) is 6.33. The number of rotatable bonds is 5. The lowest BCUT2D eigenvalue weighted by atomic mass is 10.2. The summed E-state index contributed by atoms with van der Waals surface area (Å²) in [6, 6.07) is 4.07. The second kappa shape index (κ2) is 11.2. The molecule has 4 rings (SSSR count). The van der Waals surface area contributed by atoms with E-state index in [9.17, 15) is 23.2 Å². The number of alkyl halides is 2. The predicted molar refractivity (Wildman–Crippen MR) is 122 cm³/mol. The van der Waals surface area contributed by atoms with E-state index in [-0.39, 0.29) is 38.0 Å². The fourth-order valence-electron chi connectivity index (χ4n) is 4.25. The standard InChI is InChI=1S/C22H29F3N6O5/c1-27-4-6-29(7-5-27)21(33)31-9-8-28(10-11-35-31)18-3-2-15(12-17(18)23)30-14-16(36-22(30)34)13-26-20(32)19(24)25/h2-3,12,16,19H,4-11,13-14H2,1H3,(H,26,32)/t16-/m0/s1. The van der Waals surface area contributed by atoms with Gasteiger partial charge in [0.2, 0.25) is 0 Å². The lowest BCUT2D eigenvalue weighted by molar-refractivity contribution is -0.132. The number of hydroxylamine groups is 2. The van der Waals surface area contributed by atoms with Gasteiger partial charge >= 0.3 is 18.5 Å². The molecular weight excluding hydrogens is 485 g/mol. The number of piperazine rings is 1. The molecule has 0 bridgehead atoms. The average molecular weight is 515 g/mol. The van der Waals surface area contributed by atoms with E-state index in [0.29, 0.717) is 31.9 Å². The van der Waals surface area contributed by atoms with E-state index in [0.717, 1.165) is 13.1 Å². The first-order valence-electron chi connectivity index (χ1n) is 11.7. The number of likely N-dealkylation sites (N-methyl/N-ethyl adjacent to an activating group) is 1. The van der Waals surface area contributed by atoms with Crippen molar-refractivity contribution < 1.29 is 37.1 Å². The Morgan fingerprint density at radius 1 is 1.11 bits per heavy atom. The molecule has 4 amide bonds. The second-order valence-corrected chi connectivity index (χ2v) is 8.79. The Morgan fingerprint density at radius 2 is 1.86 bits per heavy atom. The summed E-state index contributed by atoms with van der Waals surface area (Å²) < 4.78 is 44.8. The van der Waals surface area contributed by atoms with Gasteiger partial charge in [-0.05, 0) is 25.2 Å². The molecule has 0 spiro atoms. The minimum Gasteiger partial charge on any atom is -0.442 e. The van der Waals surface area contributed by atoms with Crippen LogP contribution in [0.2, 0.25) is 0 Å². The van der Waals surface area contributed by atoms with Gasteiger partial charge in [0, 0.05) is 39.3 Å². The van der Waals surface area contributed by atoms with E-state index in [2.05, 4.69) is 4.90 Å². The van der Waals surface area contributed by atoms with Crippen molar-refractivity contribution >= 4 is 29.4 Å². The molecule has 3 saturated heterocycles. The fourth-order valence-corrected chi connectivity index (χ4v) is 4.25. The number of ether oxygens (including phenoxy) is 1. The highest BCUT2D eigenvalue weighted by Gasteiger charge is 2.34. The van der Waals surface area contributed by atoms with Gasteiger partial charge in [-0.15, -0.1) is 0 Å². The van der Waals surface area contributed by atoms with Crippen LogP contribution in [0.1, 0.15) is 0 Å². The molecular formula is C22H29F3N6O5. The fraction of sp³-hybridized carbons (Fsp3) is 0.591. The number of urea groups is 1. The van der Waals surface area contributed by atoms with Crippen LogP contribution in [0.4, 0.5) is 34.1 Å². The molecule has 1 aromatic carbocycles. The molecule has 1 aromatic rings. The Morgan fingerprint density at radius 3 is 2.56 bits per heavy atom. The first-order chi connectivity index (χ1) is 17.2. The Balaban J connectivity index is 1.34. The number of amides is 4. The first-order valence-corrected chi connectivity index (χ1v) is 11.7. The minimum atomic E-state index is -3.17. The number of hydrogen-bond acceptors (Lipinski definition) is 7. The van der Waals surface area contributed by atoms with Crippen LogP contribution in [0.15, 0.2) is 18.2 Å². The number of benzene rings is 1. The van der Waals surface area contributed by atoms with Gasteiger partial charge in [-0.25, -0.2) is 19.0 Å². The van der Waals surface area contributed by atoms with Crippen LogP contribution < -0.4 is 15.1 Å². The molecule has 3 fully saturated rings. The lowest BCUT2D eigenvalue weighted by Crippen LogP contribution is -2.52. The SMILES string of the molecule is CN1CCN(C(=O)N2CCN(c3ccc(N4C[C@H](CNC(=O)C(F)F)OC4=O)cc3F)CCO2)CC1. The van der Waals surface area contributed by atoms with E-state index in [1.54, 1.807) is 15.9 Å². The summed E-state index contributed by atoms with van der Waals surface area (Å²) in [4.78, 5) is 48.5. The van der Waals surface area contributed by atoms with Crippen LogP contribution in [0, 0.1) is 5.82 Å². The Labute approximate surface area is 206 Å². The number of hydrogen-bond donors (Lipinski definition) is 1. The summed E-state index contributed by atoms with van der Waals surface area (Å²) in [5.74, 6) is -2.03. The maximum absolute atomic E-state index is 15.1. The number of nitrogens with one attached hydrogen (secondary N) is 1. The smallest absolute Gasteiger partial charge is 0.414 e. The Hall–Kier alpha value is -3.26. The van der Waals surface area contributed by atoms with Crippen molar-refractivity contribution in [3.63, 3.8) is 0 Å². The summed E-state index contributed by atoms with van der Waals surface area (Å²) in [5.41, 5.74) is 0.534. The van der Waals surface area contributed by atoms with Gasteiger partial charge in [0.1, 0.15) is 11.9 Å². The molecule has 0 aromatic heterocycles. The molecule has 3 heterocycles. The van der Waals surface area contributed by atoms with E-state index >= 15 is 4.39 Å². The largest absolute Gasteiger partial charge is 0.442 e. The van der Waals surface area contributed by atoms with Crippen molar-refractivity contribution in [3.8, 4) is 0 Å². The summed E-state index contributed by atoms with van der Waals surface area (Å²) in [7, 11) is 2.00. The van der Waals surface area contributed by atoms with Gasteiger partial charge in [-0.2, -0.15) is 8.78 Å². The first kappa shape index (κ1) is 25.8. The quantitative estimate of drug-likeness (QED) is 0.625. The van der Waals surface area contributed by atoms with Crippen molar-refractivity contribution in [3.05, 3.63) is 24.0 Å². The highest BCUT2D eigenvalue weighted by atomic mass is 19.3. The maximum Gasteiger partial charge on any atom is 0.414 e. The summed E-state index contributed by atoms with van der Waals surface area (Å²) in [6.07, 6.45) is -4.77. The van der Waals surface area contributed by atoms with Gasteiger partial charge < -0.3 is 24.8 Å². The van der Waals surface area contributed by atoms with Crippen molar-refractivity contribution in [1.82, 2.24) is 20.2 Å². The zero-order valence-electron chi connectivity index (χ0n) is 19.9. The molecule has 198 valence electrons. The van der Waals surface area contributed by atoms with Gasteiger partial charge in [-0.3, -0.25) is 14.5 Å². The molecule has 36 heavy (non-hydrogen) atoms. The number of halogens is 3. The van der Waals surface area contributed by atoms with Crippen molar-refractivity contribution in [1.29, 1.82) is 0 Å². The van der Waals surface area contributed by atoms with Crippen LogP contribution in [0.5, 0.6) is 0 Å². The number of carbonyl (C=O) groups excluding carboxylic acids is 3. The molecule has 0 aliphatic carbocycles. The summed E-state index contributed by atoms with van der Waals surface area (Å²) in [6.45, 7) is 3.69. The van der Waals surface area contributed by atoms with Crippen molar-refractivity contribution in [2.75, 3.05) is 82.4 Å². The molecule has 3 aliphatic rings. The van der Waals surface area contributed by atoms with Crippen molar-refractivity contribution in [2.45, 2.75) is 12.5 Å². The Kier molecular flexibility index (Phi) is 8.04. The number of anilines is 2.